The van der Waals surface area contributed by atoms with Crippen LogP contribution in [-0.2, 0) is 37.4 Å². The Labute approximate surface area is 219 Å². The largest absolute Gasteiger partial charge is 0.492 e. The molecule has 4 rings (SSSR count). The zero-order chi connectivity index (χ0) is 26.8. The Morgan fingerprint density at radius 3 is 2.43 bits per heavy atom. The predicted octanol–water partition coefficient (Wildman–Crippen LogP) is 4.16. The summed E-state index contributed by atoms with van der Waals surface area (Å²) in [6.45, 7) is 4.29. The van der Waals surface area contributed by atoms with Gasteiger partial charge in [-0.1, -0.05) is 26.0 Å². The molecule has 0 amide bonds. The third-order valence-electron chi connectivity index (χ3n) is 7.40. The van der Waals surface area contributed by atoms with Gasteiger partial charge < -0.3 is 9.47 Å². The zero-order valence-corrected chi connectivity index (χ0v) is 23.2. The summed E-state index contributed by atoms with van der Waals surface area (Å²) in [5.74, 6) is -0.189. The highest BCUT2D eigenvalue weighted by Gasteiger charge is 2.36. The number of sulfonamides is 1. The van der Waals surface area contributed by atoms with Gasteiger partial charge in [-0.25, -0.2) is 21.6 Å². The minimum atomic E-state index is -3.98. The average molecular weight is 550 g/mol. The number of aryl methyl sites for hydroxylation is 2. The first kappa shape index (κ1) is 27.4. The fraction of sp³-hybridized carbons (Fsp3) is 0.519. The van der Waals surface area contributed by atoms with E-state index < -0.39 is 25.8 Å². The van der Waals surface area contributed by atoms with Crippen molar-refractivity contribution in [2.75, 3.05) is 29.5 Å². The van der Waals surface area contributed by atoms with Crippen molar-refractivity contribution in [3.05, 3.63) is 53.1 Å². The topological polar surface area (TPSA) is 107 Å². The van der Waals surface area contributed by atoms with E-state index in [1.807, 2.05) is 19.1 Å². The molecule has 2 aliphatic heterocycles. The third kappa shape index (κ3) is 5.80. The number of ether oxygens (including phenoxy) is 2. The summed E-state index contributed by atoms with van der Waals surface area (Å²) < 4.78 is 63.7. The number of esters is 1. The van der Waals surface area contributed by atoms with Crippen LogP contribution < -0.4 is 9.04 Å². The van der Waals surface area contributed by atoms with Crippen LogP contribution in [0.15, 0.2) is 41.3 Å². The molecular formula is C27H35NO7S2. The van der Waals surface area contributed by atoms with Crippen LogP contribution in [0.5, 0.6) is 5.75 Å². The molecule has 0 spiro atoms. The van der Waals surface area contributed by atoms with E-state index in [1.54, 1.807) is 0 Å². The van der Waals surface area contributed by atoms with Crippen LogP contribution in [0.4, 0.5) is 5.69 Å². The van der Waals surface area contributed by atoms with Crippen LogP contribution >= 0.6 is 0 Å². The molecule has 202 valence electrons. The fourth-order valence-electron chi connectivity index (χ4n) is 5.10. The Hall–Kier alpha value is -2.59. The molecular weight excluding hydrogens is 514 g/mol. The number of methoxy groups -OCH3 is 1. The van der Waals surface area contributed by atoms with Crippen LogP contribution in [0.25, 0.3) is 0 Å². The van der Waals surface area contributed by atoms with Crippen molar-refractivity contribution in [3.8, 4) is 5.75 Å². The van der Waals surface area contributed by atoms with Crippen molar-refractivity contribution in [1.82, 2.24) is 0 Å². The maximum absolute atomic E-state index is 14.0. The highest BCUT2D eigenvalue weighted by Crippen LogP contribution is 2.38. The van der Waals surface area contributed by atoms with Gasteiger partial charge in [0.05, 0.1) is 35.8 Å². The van der Waals surface area contributed by atoms with E-state index in [0.717, 1.165) is 30.4 Å². The SMILES string of the molecule is CCc1ccc2c(c1)CCC(CC)N2S(=O)(=O)c1ccc(OCC2CCS(=O)(=O)CC2)c(C(=O)OC)c1. The maximum atomic E-state index is 14.0. The van der Waals surface area contributed by atoms with Crippen LogP contribution in [0.3, 0.4) is 0 Å². The number of carbonyl (C=O) groups is 1. The quantitative estimate of drug-likeness (QED) is 0.455. The first-order valence-electron chi connectivity index (χ1n) is 12.8. The second-order valence-corrected chi connectivity index (χ2v) is 13.9. The first-order valence-corrected chi connectivity index (χ1v) is 16.1. The van der Waals surface area contributed by atoms with Gasteiger partial charge in [-0.15, -0.1) is 0 Å². The molecule has 0 N–H and O–H groups in total. The number of rotatable bonds is 8. The molecule has 2 aromatic rings. The molecule has 1 atom stereocenters. The Morgan fingerprint density at radius 1 is 1.05 bits per heavy atom. The molecule has 0 radical (unpaired) electrons. The van der Waals surface area contributed by atoms with Crippen molar-refractivity contribution < 1.29 is 31.1 Å². The first-order chi connectivity index (χ1) is 17.6. The fourth-order valence-corrected chi connectivity index (χ4v) is 8.50. The summed E-state index contributed by atoms with van der Waals surface area (Å²) in [6.07, 6.45) is 4.06. The molecule has 2 heterocycles. The van der Waals surface area contributed by atoms with Gasteiger partial charge in [0.25, 0.3) is 10.0 Å². The van der Waals surface area contributed by atoms with E-state index in [-0.39, 0.29) is 46.3 Å². The van der Waals surface area contributed by atoms with Crippen molar-refractivity contribution in [1.29, 1.82) is 0 Å². The molecule has 0 saturated carbocycles. The monoisotopic (exact) mass is 549 g/mol. The summed E-state index contributed by atoms with van der Waals surface area (Å²) in [7, 11) is -5.74. The lowest BCUT2D eigenvalue weighted by Crippen LogP contribution is -2.43. The molecule has 10 heteroatoms. The molecule has 1 fully saturated rings. The van der Waals surface area contributed by atoms with E-state index in [9.17, 15) is 21.6 Å². The molecule has 1 unspecified atom stereocenters. The Balaban J connectivity index is 1.66. The van der Waals surface area contributed by atoms with Gasteiger partial charge in [0.2, 0.25) is 0 Å². The summed E-state index contributed by atoms with van der Waals surface area (Å²) in [5, 5.41) is 0. The Bertz CT molecular complexity index is 1360. The second-order valence-electron chi connectivity index (χ2n) is 9.77. The lowest BCUT2D eigenvalue weighted by atomic mass is 9.94. The second kappa shape index (κ2) is 11.0. The number of anilines is 1. The summed E-state index contributed by atoms with van der Waals surface area (Å²) in [4.78, 5) is 12.6. The lowest BCUT2D eigenvalue weighted by Gasteiger charge is -2.37. The standard InChI is InChI=1S/C27H35NO7S2/c1-4-19-6-10-25-21(16-19)7-8-22(5-2)28(25)37(32,33)23-9-11-26(24(17-23)27(29)34-3)35-18-20-12-14-36(30,31)15-13-20/h6,9-11,16-17,20,22H,4-5,7-8,12-15,18H2,1-3H3. The minimum absolute atomic E-state index is 0.00474. The molecule has 37 heavy (non-hydrogen) atoms. The van der Waals surface area contributed by atoms with Crippen molar-refractivity contribution in [3.63, 3.8) is 0 Å². The van der Waals surface area contributed by atoms with Crippen LogP contribution in [0.1, 0.15) is 61.0 Å². The van der Waals surface area contributed by atoms with Gasteiger partial charge in [-0.3, -0.25) is 4.31 Å². The Kier molecular flexibility index (Phi) is 8.18. The van der Waals surface area contributed by atoms with Crippen molar-refractivity contribution in [2.24, 2.45) is 5.92 Å². The molecule has 2 aromatic carbocycles. The van der Waals surface area contributed by atoms with Crippen LogP contribution in [-0.4, -0.2) is 54.1 Å². The van der Waals surface area contributed by atoms with E-state index >= 15 is 0 Å². The molecule has 2 aliphatic rings. The van der Waals surface area contributed by atoms with E-state index in [1.165, 1.54) is 29.6 Å². The summed E-state index contributed by atoms with van der Waals surface area (Å²) in [6, 6.07) is 10.0. The predicted molar refractivity (Wildman–Crippen MR) is 143 cm³/mol. The number of benzene rings is 2. The van der Waals surface area contributed by atoms with Crippen LogP contribution in [0.2, 0.25) is 0 Å². The normalized spacial score (nSPS) is 19.8. The van der Waals surface area contributed by atoms with Gasteiger partial charge >= 0.3 is 5.97 Å². The number of hydrogen-bond donors (Lipinski definition) is 0. The Morgan fingerprint density at radius 2 is 1.78 bits per heavy atom. The van der Waals surface area contributed by atoms with Gasteiger partial charge in [0, 0.05) is 6.04 Å². The van der Waals surface area contributed by atoms with Gasteiger partial charge in [-0.05, 0) is 79.8 Å². The number of hydrogen-bond acceptors (Lipinski definition) is 7. The lowest BCUT2D eigenvalue weighted by molar-refractivity contribution is 0.0594. The average Bonchev–Trinajstić information content (AvgIpc) is 2.90. The van der Waals surface area contributed by atoms with Gasteiger partial charge in [-0.2, -0.15) is 0 Å². The highest BCUT2D eigenvalue weighted by atomic mass is 32.2. The molecule has 0 aromatic heterocycles. The molecule has 0 aliphatic carbocycles. The number of sulfone groups is 1. The van der Waals surface area contributed by atoms with Gasteiger partial charge in [0.15, 0.2) is 0 Å². The van der Waals surface area contributed by atoms with Crippen LogP contribution in [0, 0.1) is 5.92 Å². The number of carbonyl (C=O) groups excluding carboxylic acids is 1. The van der Waals surface area contributed by atoms with Crippen molar-refractivity contribution in [2.45, 2.75) is 63.3 Å². The molecule has 8 nitrogen and oxygen atoms in total. The third-order valence-corrected chi connectivity index (χ3v) is 11.0. The van der Waals surface area contributed by atoms with E-state index in [0.29, 0.717) is 24.9 Å². The van der Waals surface area contributed by atoms with Gasteiger partial charge in [0.1, 0.15) is 21.2 Å². The number of fused-ring (bicyclic) bond motifs is 1. The highest BCUT2D eigenvalue weighted by molar-refractivity contribution is 7.93. The molecule has 0 bridgehead atoms. The molecule has 1 saturated heterocycles. The maximum Gasteiger partial charge on any atom is 0.341 e. The summed E-state index contributed by atoms with van der Waals surface area (Å²) in [5.41, 5.74) is 2.88. The minimum Gasteiger partial charge on any atom is -0.492 e. The van der Waals surface area contributed by atoms with Crippen molar-refractivity contribution >= 4 is 31.5 Å². The zero-order valence-electron chi connectivity index (χ0n) is 21.6. The van der Waals surface area contributed by atoms with E-state index in [4.69, 9.17) is 9.47 Å². The number of nitrogens with zero attached hydrogens (tertiary/aromatic N) is 1. The van der Waals surface area contributed by atoms with E-state index in [2.05, 4.69) is 13.0 Å². The summed E-state index contributed by atoms with van der Waals surface area (Å²) >= 11 is 0. The smallest absolute Gasteiger partial charge is 0.341 e.